The van der Waals surface area contributed by atoms with Crippen LogP contribution in [-0.4, -0.2) is 18.2 Å². The van der Waals surface area contributed by atoms with E-state index in [1.165, 1.54) is 12.1 Å². The van der Waals surface area contributed by atoms with Crippen molar-refractivity contribution in [2.75, 3.05) is 0 Å². The van der Waals surface area contributed by atoms with Crippen molar-refractivity contribution in [1.29, 1.82) is 0 Å². The van der Waals surface area contributed by atoms with E-state index in [0.717, 1.165) is 17.2 Å². The minimum atomic E-state index is -4.92. The number of fused-ring (bicyclic) bond motifs is 1. The molecule has 1 aliphatic rings. The predicted octanol–water partition coefficient (Wildman–Crippen LogP) is 1.21. The van der Waals surface area contributed by atoms with Crippen LogP contribution in [0.1, 0.15) is 16.7 Å². The summed E-state index contributed by atoms with van der Waals surface area (Å²) in [5.41, 5.74) is 0.810. The van der Waals surface area contributed by atoms with Gasteiger partial charge < -0.3 is 19.4 Å². The summed E-state index contributed by atoms with van der Waals surface area (Å²) in [5.74, 6) is -1.57. The van der Waals surface area contributed by atoms with Gasteiger partial charge in [-0.2, -0.15) is 13.2 Å². The molecule has 0 N–H and O–H groups in total. The Hall–Kier alpha value is -1.67. The van der Waals surface area contributed by atoms with Crippen LogP contribution in [0.25, 0.3) is 6.08 Å². The number of aliphatic carboxylic acids is 1. The molecule has 0 saturated heterocycles. The molecule has 1 heterocycles. The third kappa shape index (κ3) is 4.66. The van der Waals surface area contributed by atoms with E-state index in [0.29, 0.717) is 5.75 Å². The van der Waals surface area contributed by atoms with Crippen molar-refractivity contribution in [2.24, 2.45) is 0 Å². The average Bonchev–Trinajstić information content (AvgIpc) is 2.56. The number of halogens is 4. The maximum absolute atomic E-state index is 13.2. The van der Waals surface area contributed by atoms with Gasteiger partial charge in [-0.3, -0.25) is 0 Å². The maximum Gasteiger partial charge on any atom is 1.00 e. The first-order chi connectivity index (χ1) is 12.6. The van der Waals surface area contributed by atoms with Crippen molar-refractivity contribution < 1.29 is 62.1 Å². The average molecular weight is 421 g/mol. The molecule has 0 radical (unpaired) electrons. The number of rotatable bonds is 3. The number of ether oxygens (including phenoxy) is 2. The molecular formula is C19H13ClF3NaO4. The standard InChI is InChI=1S/C19H14ClF3O4.Na/c1-9-3-4-10(2)14(5-9)26-16-8-15-11(7-13(16)20)6-12(18(24)25)17(27-15)19(21,22)23;/h3-8,17H,1-2H3,(H,24,25);/q;+1/p-1. The molecule has 0 fully saturated rings. The molecule has 2 aromatic carbocycles. The fourth-order valence-corrected chi connectivity index (χ4v) is 2.83. The zero-order valence-electron chi connectivity index (χ0n) is 15.2. The molecule has 142 valence electrons. The molecule has 0 saturated carbocycles. The molecule has 0 aliphatic carbocycles. The topological polar surface area (TPSA) is 58.6 Å². The Labute approximate surface area is 186 Å². The fraction of sp³-hybridized carbons (Fsp3) is 0.211. The second-order valence-corrected chi connectivity index (χ2v) is 6.53. The summed E-state index contributed by atoms with van der Waals surface area (Å²) >= 11 is 6.16. The second-order valence-electron chi connectivity index (χ2n) is 6.12. The predicted molar refractivity (Wildman–Crippen MR) is 90.9 cm³/mol. The van der Waals surface area contributed by atoms with E-state index in [9.17, 15) is 23.1 Å². The second kappa shape index (κ2) is 8.37. The van der Waals surface area contributed by atoms with Crippen LogP contribution in [0.5, 0.6) is 17.2 Å². The van der Waals surface area contributed by atoms with Gasteiger partial charge in [0, 0.05) is 17.2 Å². The van der Waals surface area contributed by atoms with Crippen molar-refractivity contribution in [3.05, 3.63) is 57.6 Å². The SMILES string of the molecule is Cc1ccc(C)c(Oc2cc3c(cc2Cl)C=C(C(=O)[O-])C(C(F)(F)F)O3)c1.[Na+]. The van der Waals surface area contributed by atoms with Crippen LogP contribution in [0.4, 0.5) is 13.2 Å². The molecule has 3 rings (SSSR count). The van der Waals surface area contributed by atoms with E-state index in [1.54, 1.807) is 6.07 Å². The monoisotopic (exact) mass is 420 g/mol. The molecule has 9 heteroatoms. The first-order valence-electron chi connectivity index (χ1n) is 7.81. The van der Waals surface area contributed by atoms with Gasteiger partial charge in [0.1, 0.15) is 17.2 Å². The minimum absolute atomic E-state index is 0. The van der Waals surface area contributed by atoms with E-state index >= 15 is 0 Å². The third-order valence-electron chi connectivity index (χ3n) is 4.00. The van der Waals surface area contributed by atoms with Gasteiger partial charge in [-0.05, 0) is 43.2 Å². The Morgan fingerprint density at radius 3 is 2.46 bits per heavy atom. The molecule has 0 amide bonds. The van der Waals surface area contributed by atoms with Crippen LogP contribution in [0.2, 0.25) is 5.02 Å². The number of carboxylic acids is 1. The van der Waals surface area contributed by atoms with Crippen molar-refractivity contribution in [3.63, 3.8) is 0 Å². The van der Waals surface area contributed by atoms with Gasteiger partial charge in [-0.1, -0.05) is 23.7 Å². The van der Waals surface area contributed by atoms with Crippen LogP contribution < -0.4 is 44.1 Å². The van der Waals surface area contributed by atoms with Crippen molar-refractivity contribution in [3.8, 4) is 17.2 Å². The summed E-state index contributed by atoms with van der Waals surface area (Å²) in [6.45, 7) is 3.68. The van der Waals surface area contributed by atoms with E-state index in [2.05, 4.69) is 0 Å². The molecule has 4 nitrogen and oxygen atoms in total. The van der Waals surface area contributed by atoms with Crippen LogP contribution >= 0.6 is 11.6 Å². The van der Waals surface area contributed by atoms with Crippen LogP contribution in [-0.2, 0) is 4.79 Å². The molecule has 1 atom stereocenters. The van der Waals surface area contributed by atoms with E-state index < -0.39 is 23.8 Å². The quantitative estimate of drug-likeness (QED) is 0.700. The van der Waals surface area contributed by atoms with Gasteiger partial charge in [0.15, 0.2) is 0 Å². The zero-order chi connectivity index (χ0) is 19.9. The summed E-state index contributed by atoms with van der Waals surface area (Å²) in [5, 5.41) is 11.2. The Morgan fingerprint density at radius 2 is 1.86 bits per heavy atom. The minimum Gasteiger partial charge on any atom is -0.545 e. The number of aryl methyl sites for hydroxylation is 2. The van der Waals surface area contributed by atoms with Gasteiger partial charge in [0.05, 0.1) is 11.0 Å². The summed E-state index contributed by atoms with van der Waals surface area (Å²) < 4.78 is 50.1. The molecular weight excluding hydrogens is 408 g/mol. The Kier molecular flexibility index (Phi) is 6.76. The summed E-state index contributed by atoms with van der Waals surface area (Å²) in [4.78, 5) is 11.1. The van der Waals surface area contributed by atoms with E-state index in [4.69, 9.17) is 21.1 Å². The molecule has 0 spiro atoms. The smallest absolute Gasteiger partial charge is 0.545 e. The maximum atomic E-state index is 13.2. The molecule has 28 heavy (non-hydrogen) atoms. The van der Waals surface area contributed by atoms with Gasteiger partial charge in [0.2, 0.25) is 6.10 Å². The fourth-order valence-electron chi connectivity index (χ4n) is 2.62. The third-order valence-corrected chi connectivity index (χ3v) is 4.29. The summed E-state index contributed by atoms with van der Waals surface area (Å²) in [7, 11) is 0. The number of carbonyl (C=O) groups is 1. The normalized spacial score (nSPS) is 15.6. The first kappa shape index (κ1) is 22.6. The Balaban J connectivity index is 0.00000280. The first-order valence-corrected chi connectivity index (χ1v) is 8.19. The van der Waals surface area contributed by atoms with E-state index in [-0.39, 0.29) is 51.6 Å². The number of benzene rings is 2. The van der Waals surface area contributed by atoms with Gasteiger partial charge in [-0.25, -0.2) is 0 Å². The number of carboxylic acid groups (broad SMARTS) is 1. The molecule has 2 aromatic rings. The van der Waals surface area contributed by atoms with Crippen LogP contribution in [0, 0.1) is 13.8 Å². The number of carbonyl (C=O) groups excluding carboxylic acids is 1. The molecule has 1 aliphatic heterocycles. The Bertz CT molecular complexity index is 957. The zero-order valence-corrected chi connectivity index (χ0v) is 17.9. The number of hydrogen-bond acceptors (Lipinski definition) is 4. The molecule has 0 aromatic heterocycles. The van der Waals surface area contributed by atoms with Gasteiger partial charge in [0.25, 0.3) is 0 Å². The largest absolute Gasteiger partial charge is 1.00 e. The summed E-state index contributed by atoms with van der Waals surface area (Å²) in [6, 6.07) is 7.98. The number of hydrogen-bond donors (Lipinski definition) is 0. The van der Waals surface area contributed by atoms with Crippen molar-refractivity contribution >= 4 is 23.6 Å². The molecule has 1 unspecified atom stereocenters. The molecule has 0 bridgehead atoms. The van der Waals surface area contributed by atoms with E-state index in [1.807, 2.05) is 26.0 Å². The van der Waals surface area contributed by atoms with Crippen molar-refractivity contribution in [2.45, 2.75) is 26.1 Å². The van der Waals surface area contributed by atoms with Crippen LogP contribution in [0.3, 0.4) is 0 Å². The van der Waals surface area contributed by atoms with Crippen LogP contribution in [0.15, 0.2) is 35.9 Å². The van der Waals surface area contributed by atoms with Crippen molar-refractivity contribution in [1.82, 2.24) is 0 Å². The number of alkyl halides is 3. The van der Waals surface area contributed by atoms with Gasteiger partial charge >= 0.3 is 35.7 Å². The Morgan fingerprint density at radius 1 is 1.18 bits per heavy atom. The van der Waals surface area contributed by atoms with Gasteiger partial charge in [-0.15, -0.1) is 0 Å². The summed E-state index contributed by atoms with van der Waals surface area (Å²) in [6.07, 6.45) is -6.71.